The van der Waals surface area contributed by atoms with Crippen molar-refractivity contribution in [2.45, 2.75) is 44.7 Å². The Balaban J connectivity index is 1.92. The highest BCUT2D eigenvalue weighted by atomic mass is 15.2. The van der Waals surface area contributed by atoms with Gasteiger partial charge < -0.3 is 10.6 Å². The molecule has 0 aromatic carbocycles. The number of rotatable bonds is 2. The molecule has 0 aliphatic carbocycles. The van der Waals surface area contributed by atoms with Gasteiger partial charge in [0.15, 0.2) is 0 Å². The molecule has 0 spiro atoms. The predicted molar refractivity (Wildman–Crippen MR) is 63.9 cm³/mol. The van der Waals surface area contributed by atoms with E-state index < -0.39 is 0 Å². The molecule has 0 saturated carbocycles. The number of likely N-dealkylation sites (N-methyl/N-ethyl adjacent to an activating group) is 1. The van der Waals surface area contributed by atoms with Gasteiger partial charge in [-0.25, -0.2) is 0 Å². The summed E-state index contributed by atoms with van der Waals surface area (Å²) in [5.74, 6) is 0. The molecule has 15 heavy (non-hydrogen) atoms. The Morgan fingerprint density at radius 1 is 1.13 bits per heavy atom. The Morgan fingerprint density at radius 3 is 2.53 bits per heavy atom. The summed E-state index contributed by atoms with van der Waals surface area (Å²) in [4.78, 5) is 5.18. The Bertz CT molecular complexity index is 189. The first-order valence-electron chi connectivity index (χ1n) is 6.53. The fraction of sp³-hybridized carbons (Fsp3) is 1.00. The van der Waals surface area contributed by atoms with Crippen molar-refractivity contribution in [3.8, 4) is 0 Å². The van der Waals surface area contributed by atoms with E-state index in [0.717, 1.165) is 0 Å². The molecule has 2 aliphatic heterocycles. The van der Waals surface area contributed by atoms with Crippen LogP contribution in [0.1, 0.15) is 32.6 Å². The van der Waals surface area contributed by atoms with Crippen LogP contribution in [0, 0.1) is 0 Å². The van der Waals surface area contributed by atoms with E-state index in [1.165, 1.54) is 58.4 Å². The van der Waals surface area contributed by atoms with Crippen LogP contribution in [0.25, 0.3) is 0 Å². The minimum atomic E-state index is 0.408. The second-order valence-corrected chi connectivity index (χ2v) is 5.01. The van der Waals surface area contributed by atoms with Crippen LogP contribution in [0.3, 0.4) is 0 Å². The van der Waals surface area contributed by atoms with Crippen LogP contribution in [0.15, 0.2) is 0 Å². The highest BCUT2D eigenvalue weighted by molar-refractivity contribution is 4.90. The van der Waals surface area contributed by atoms with Gasteiger partial charge in [0.25, 0.3) is 0 Å². The smallest absolute Gasteiger partial charge is 0.0374 e. The zero-order chi connectivity index (χ0) is 10.7. The normalized spacial score (nSPS) is 35.6. The van der Waals surface area contributed by atoms with E-state index in [2.05, 4.69) is 16.7 Å². The van der Waals surface area contributed by atoms with E-state index in [0.29, 0.717) is 12.1 Å². The van der Waals surface area contributed by atoms with Gasteiger partial charge in [-0.1, -0.05) is 13.3 Å². The number of piperidine rings is 2. The van der Waals surface area contributed by atoms with Gasteiger partial charge in [0, 0.05) is 18.6 Å². The quantitative estimate of drug-likeness (QED) is 0.736. The summed E-state index contributed by atoms with van der Waals surface area (Å²) in [7, 11) is 0. The molecule has 3 nitrogen and oxygen atoms in total. The van der Waals surface area contributed by atoms with Crippen LogP contribution in [-0.4, -0.2) is 54.6 Å². The van der Waals surface area contributed by atoms with Crippen molar-refractivity contribution in [1.29, 1.82) is 0 Å². The predicted octanol–water partition coefficient (Wildman–Crippen LogP) is 0.894. The molecular weight excluding hydrogens is 186 g/mol. The monoisotopic (exact) mass is 211 g/mol. The van der Waals surface area contributed by atoms with Gasteiger partial charge in [0.2, 0.25) is 0 Å². The molecule has 0 aromatic heterocycles. The van der Waals surface area contributed by atoms with Crippen LogP contribution < -0.4 is 5.73 Å². The van der Waals surface area contributed by atoms with Crippen molar-refractivity contribution in [2.75, 3.05) is 32.7 Å². The van der Waals surface area contributed by atoms with Gasteiger partial charge in [0.1, 0.15) is 0 Å². The van der Waals surface area contributed by atoms with E-state index >= 15 is 0 Å². The fourth-order valence-electron chi connectivity index (χ4n) is 2.94. The van der Waals surface area contributed by atoms with Crippen LogP contribution in [0.4, 0.5) is 0 Å². The van der Waals surface area contributed by atoms with Crippen molar-refractivity contribution in [1.82, 2.24) is 9.80 Å². The maximum atomic E-state index is 6.26. The molecule has 88 valence electrons. The molecule has 2 saturated heterocycles. The highest BCUT2D eigenvalue weighted by Crippen LogP contribution is 2.19. The van der Waals surface area contributed by atoms with E-state index in [4.69, 9.17) is 5.73 Å². The molecule has 2 N–H and O–H groups in total. The standard InChI is InChI=1S/C12H25N3/c1-2-14-9-6-11(13)12(10-14)15-7-4-3-5-8-15/h11-12H,2-10,13H2,1H3. The summed E-state index contributed by atoms with van der Waals surface area (Å²) in [5.41, 5.74) is 6.26. The van der Waals surface area contributed by atoms with Gasteiger partial charge in [-0.2, -0.15) is 0 Å². The van der Waals surface area contributed by atoms with Gasteiger partial charge in [-0.05, 0) is 45.4 Å². The molecule has 0 amide bonds. The van der Waals surface area contributed by atoms with Crippen molar-refractivity contribution >= 4 is 0 Å². The summed E-state index contributed by atoms with van der Waals surface area (Å²) >= 11 is 0. The van der Waals surface area contributed by atoms with Gasteiger partial charge in [0.05, 0.1) is 0 Å². The average molecular weight is 211 g/mol. The van der Waals surface area contributed by atoms with Crippen molar-refractivity contribution in [3.63, 3.8) is 0 Å². The summed E-state index contributed by atoms with van der Waals surface area (Å²) in [6.07, 6.45) is 5.33. The summed E-state index contributed by atoms with van der Waals surface area (Å²) in [6.45, 7) is 8.37. The maximum absolute atomic E-state index is 6.26. The highest BCUT2D eigenvalue weighted by Gasteiger charge is 2.31. The summed E-state index contributed by atoms with van der Waals surface area (Å²) in [5, 5.41) is 0. The van der Waals surface area contributed by atoms with Gasteiger partial charge in [-0.3, -0.25) is 4.90 Å². The number of likely N-dealkylation sites (tertiary alicyclic amines) is 2. The maximum Gasteiger partial charge on any atom is 0.0374 e. The molecule has 0 aromatic rings. The molecule has 2 aliphatic rings. The van der Waals surface area contributed by atoms with E-state index in [-0.39, 0.29) is 0 Å². The number of nitrogens with two attached hydrogens (primary N) is 1. The van der Waals surface area contributed by atoms with E-state index in [9.17, 15) is 0 Å². The first-order chi connectivity index (χ1) is 7.31. The lowest BCUT2D eigenvalue weighted by atomic mass is 9.96. The van der Waals surface area contributed by atoms with Crippen LogP contribution in [0.5, 0.6) is 0 Å². The lowest BCUT2D eigenvalue weighted by Gasteiger charge is -2.44. The molecule has 2 rings (SSSR count). The van der Waals surface area contributed by atoms with Crippen LogP contribution >= 0.6 is 0 Å². The third-order valence-electron chi connectivity index (χ3n) is 4.03. The largest absolute Gasteiger partial charge is 0.326 e. The zero-order valence-corrected chi connectivity index (χ0v) is 9.99. The average Bonchev–Trinajstić information content (AvgIpc) is 2.31. The lowest BCUT2D eigenvalue weighted by molar-refractivity contribution is 0.0706. The number of hydrogen-bond acceptors (Lipinski definition) is 3. The Hall–Kier alpha value is -0.120. The van der Waals surface area contributed by atoms with E-state index in [1.54, 1.807) is 0 Å². The third-order valence-corrected chi connectivity index (χ3v) is 4.03. The van der Waals surface area contributed by atoms with Gasteiger partial charge in [-0.15, -0.1) is 0 Å². The van der Waals surface area contributed by atoms with E-state index in [1.807, 2.05) is 0 Å². The first-order valence-corrected chi connectivity index (χ1v) is 6.53. The molecule has 3 heteroatoms. The topological polar surface area (TPSA) is 32.5 Å². The SMILES string of the molecule is CCN1CCC(N)C(N2CCCCC2)C1. The van der Waals surface area contributed by atoms with Crippen LogP contribution in [0.2, 0.25) is 0 Å². The van der Waals surface area contributed by atoms with Crippen molar-refractivity contribution < 1.29 is 0 Å². The van der Waals surface area contributed by atoms with Crippen molar-refractivity contribution in [2.24, 2.45) is 5.73 Å². The summed E-state index contributed by atoms with van der Waals surface area (Å²) in [6, 6.07) is 1.03. The lowest BCUT2D eigenvalue weighted by Crippen LogP contribution is -2.59. The second-order valence-electron chi connectivity index (χ2n) is 5.01. The van der Waals surface area contributed by atoms with Crippen LogP contribution in [-0.2, 0) is 0 Å². The molecule has 2 fully saturated rings. The molecular formula is C12H25N3. The van der Waals surface area contributed by atoms with Crippen molar-refractivity contribution in [3.05, 3.63) is 0 Å². The zero-order valence-electron chi connectivity index (χ0n) is 9.99. The fourth-order valence-corrected chi connectivity index (χ4v) is 2.94. The Kier molecular flexibility index (Phi) is 4.00. The first kappa shape index (κ1) is 11.4. The Labute approximate surface area is 93.6 Å². The number of hydrogen-bond donors (Lipinski definition) is 1. The molecule has 2 heterocycles. The third kappa shape index (κ3) is 2.71. The second kappa shape index (κ2) is 5.28. The Morgan fingerprint density at radius 2 is 1.87 bits per heavy atom. The minimum Gasteiger partial charge on any atom is -0.326 e. The summed E-state index contributed by atoms with van der Waals surface area (Å²) < 4.78 is 0. The molecule has 0 bridgehead atoms. The molecule has 2 atom stereocenters. The number of nitrogens with zero attached hydrogens (tertiary/aromatic N) is 2. The molecule has 0 radical (unpaired) electrons. The minimum absolute atomic E-state index is 0.408. The molecule has 2 unspecified atom stereocenters. The van der Waals surface area contributed by atoms with Gasteiger partial charge >= 0.3 is 0 Å².